The molecular weight excluding hydrogens is 398 g/mol. The van der Waals surface area contributed by atoms with Gasteiger partial charge >= 0.3 is 0 Å². The van der Waals surface area contributed by atoms with Crippen molar-refractivity contribution in [2.24, 2.45) is 0 Å². The molecule has 0 saturated carbocycles. The average Bonchev–Trinajstić information content (AvgIpc) is 3.27. The van der Waals surface area contributed by atoms with E-state index in [1.807, 2.05) is 38.1 Å². The summed E-state index contributed by atoms with van der Waals surface area (Å²) in [7, 11) is -3.69. The Kier molecular flexibility index (Phi) is 4.90. The van der Waals surface area contributed by atoms with Crippen molar-refractivity contribution in [3.63, 3.8) is 0 Å². The van der Waals surface area contributed by atoms with Gasteiger partial charge in [-0.1, -0.05) is 6.07 Å². The second-order valence-corrected chi connectivity index (χ2v) is 9.65. The Balaban J connectivity index is 1.58. The highest BCUT2D eigenvalue weighted by atomic mass is 32.2. The van der Waals surface area contributed by atoms with Gasteiger partial charge < -0.3 is 9.47 Å². The van der Waals surface area contributed by atoms with E-state index in [0.29, 0.717) is 24.7 Å². The molecule has 0 radical (unpaired) electrons. The molecule has 1 aliphatic heterocycles. The Morgan fingerprint density at radius 1 is 1.14 bits per heavy atom. The number of nitrogens with zero attached hydrogens (tertiary/aromatic N) is 1. The van der Waals surface area contributed by atoms with Crippen molar-refractivity contribution in [1.82, 2.24) is 14.9 Å². The van der Waals surface area contributed by atoms with Gasteiger partial charge in [0.15, 0.2) is 11.5 Å². The molecule has 3 aromatic rings. The van der Waals surface area contributed by atoms with E-state index in [2.05, 4.69) is 14.9 Å². The smallest absolute Gasteiger partial charge is 0.242 e. The van der Waals surface area contributed by atoms with Crippen molar-refractivity contribution in [2.75, 3.05) is 13.2 Å². The largest absolute Gasteiger partial charge is 0.486 e. The number of benzene rings is 1. The molecule has 0 amide bonds. The number of hydrogen-bond donors (Lipinski definition) is 2. The summed E-state index contributed by atoms with van der Waals surface area (Å²) >= 11 is 1.41. The average molecular weight is 420 g/mol. The molecule has 1 atom stereocenters. The number of ether oxygens (including phenoxy) is 2. The van der Waals surface area contributed by atoms with Gasteiger partial charge in [0, 0.05) is 16.6 Å². The maximum absolute atomic E-state index is 13.0. The summed E-state index contributed by atoms with van der Waals surface area (Å²) in [5.74, 6) is 1.32. The summed E-state index contributed by atoms with van der Waals surface area (Å²) in [6.45, 7) is 6.52. The van der Waals surface area contributed by atoms with E-state index in [1.54, 1.807) is 13.0 Å². The van der Waals surface area contributed by atoms with Gasteiger partial charge in [-0.05, 0) is 50.6 Å². The first-order valence-electron chi connectivity index (χ1n) is 8.88. The molecule has 0 spiro atoms. The van der Waals surface area contributed by atoms with Crippen LogP contribution in [0.3, 0.4) is 0 Å². The van der Waals surface area contributed by atoms with Crippen LogP contribution in [-0.2, 0) is 10.0 Å². The Bertz CT molecular complexity index is 1120. The summed E-state index contributed by atoms with van der Waals surface area (Å²) in [5.41, 5.74) is 2.48. The van der Waals surface area contributed by atoms with Crippen LogP contribution in [0.5, 0.6) is 11.5 Å². The highest BCUT2D eigenvalue weighted by molar-refractivity contribution is 7.89. The van der Waals surface area contributed by atoms with Crippen molar-refractivity contribution in [2.45, 2.75) is 31.7 Å². The van der Waals surface area contributed by atoms with E-state index in [0.717, 1.165) is 26.7 Å². The lowest BCUT2D eigenvalue weighted by Gasteiger charge is -2.21. The third kappa shape index (κ3) is 3.65. The highest BCUT2D eigenvalue weighted by Gasteiger charge is 2.24. The van der Waals surface area contributed by atoms with Gasteiger partial charge in [0.2, 0.25) is 10.0 Å². The lowest BCUT2D eigenvalue weighted by atomic mass is 10.1. The minimum Gasteiger partial charge on any atom is -0.486 e. The minimum atomic E-state index is -3.69. The van der Waals surface area contributed by atoms with Gasteiger partial charge in [-0.25, -0.2) is 13.1 Å². The zero-order valence-electron chi connectivity index (χ0n) is 15.8. The van der Waals surface area contributed by atoms with Crippen LogP contribution in [0.1, 0.15) is 29.1 Å². The molecule has 3 heterocycles. The van der Waals surface area contributed by atoms with Crippen molar-refractivity contribution < 1.29 is 17.9 Å². The van der Waals surface area contributed by atoms with Crippen LogP contribution in [0.4, 0.5) is 0 Å². The molecular formula is C19H21N3O4S2. The Labute approximate surface area is 167 Å². The van der Waals surface area contributed by atoms with Crippen LogP contribution in [0.25, 0.3) is 10.6 Å². The summed E-state index contributed by atoms with van der Waals surface area (Å²) in [6, 6.07) is 8.62. The molecule has 1 aromatic carbocycles. The predicted octanol–water partition coefficient (Wildman–Crippen LogP) is 3.57. The zero-order chi connectivity index (χ0) is 19.9. The molecule has 148 valence electrons. The molecule has 0 bridgehead atoms. The van der Waals surface area contributed by atoms with E-state index in [1.165, 1.54) is 11.3 Å². The minimum absolute atomic E-state index is 0.276. The summed E-state index contributed by atoms with van der Waals surface area (Å²) < 4.78 is 39.8. The Hall–Kier alpha value is -2.36. The number of rotatable bonds is 5. The van der Waals surface area contributed by atoms with E-state index >= 15 is 0 Å². The molecule has 0 saturated heterocycles. The molecule has 1 aliphatic rings. The van der Waals surface area contributed by atoms with Gasteiger partial charge in [-0.15, -0.1) is 11.3 Å². The molecule has 4 rings (SSSR count). The topological polar surface area (TPSA) is 93.3 Å². The number of aryl methyl sites for hydroxylation is 2. The Morgan fingerprint density at radius 2 is 1.89 bits per heavy atom. The second kappa shape index (κ2) is 7.23. The van der Waals surface area contributed by atoms with Crippen molar-refractivity contribution in [3.05, 3.63) is 46.5 Å². The molecule has 0 fully saturated rings. The standard InChI is InChI=1S/C19H21N3O4S2/c1-11-8-15(21-20-11)18-10-19(13(3)27-18)28(23,24)22-12(2)14-4-5-16-17(9-14)26-7-6-25-16/h4-5,8-10,12,22H,6-7H2,1-3H3,(H,20,21)/t12-/m0/s1. The van der Waals surface area contributed by atoms with Gasteiger partial charge in [-0.2, -0.15) is 5.10 Å². The number of H-pyrrole nitrogens is 1. The third-order valence-corrected chi connectivity index (χ3v) is 7.39. The number of fused-ring (bicyclic) bond motifs is 1. The number of aromatic nitrogens is 2. The summed E-state index contributed by atoms with van der Waals surface area (Å²) in [4.78, 5) is 1.81. The zero-order valence-corrected chi connectivity index (χ0v) is 17.4. The van der Waals surface area contributed by atoms with Crippen LogP contribution in [0.2, 0.25) is 0 Å². The maximum Gasteiger partial charge on any atom is 0.242 e. The normalized spacial score (nSPS) is 14.8. The van der Waals surface area contributed by atoms with Crippen LogP contribution in [0.15, 0.2) is 35.2 Å². The summed E-state index contributed by atoms with van der Waals surface area (Å²) in [6.07, 6.45) is 0. The monoisotopic (exact) mass is 419 g/mol. The number of thiophene rings is 1. The lowest BCUT2D eigenvalue weighted by Crippen LogP contribution is -2.27. The summed E-state index contributed by atoms with van der Waals surface area (Å²) in [5, 5.41) is 7.10. The van der Waals surface area contributed by atoms with Crippen molar-refractivity contribution in [1.29, 1.82) is 0 Å². The van der Waals surface area contributed by atoms with Crippen LogP contribution < -0.4 is 14.2 Å². The van der Waals surface area contributed by atoms with Crippen molar-refractivity contribution >= 4 is 21.4 Å². The van der Waals surface area contributed by atoms with Crippen LogP contribution in [0, 0.1) is 13.8 Å². The van der Waals surface area contributed by atoms with Crippen molar-refractivity contribution in [3.8, 4) is 22.1 Å². The number of hydrogen-bond acceptors (Lipinski definition) is 6. The molecule has 0 unspecified atom stereocenters. The predicted molar refractivity (Wildman–Crippen MR) is 108 cm³/mol. The SMILES string of the molecule is Cc1cc(-c2cc(S(=O)(=O)N[C@@H](C)c3ccc4c(c3)OCCO4)c(C)s2)n[nH]1. The first kappa shape index (κ1) is 19.0. The fourth-order valence-electron chi connectivity index (χ4n) is 3.10. The first-order valence-corrected chi connectivity index (χ1v) is 11.2. The van der Waals surface area contributed by atoms with Crippen LogP contribution in [-0.4, -0.2) is 31.8 Å². The quantitative estimate of drug-likeness (QED) is 0.659. The van der Waals surface area contributed by atoms with Gasteiger partial charge in [-0.3, -0.25) is 5.10 Å². The molecule has 7 nitrogen and oxygen atoms in total. The third-order valence-electron chi connectivity index (χ3n) is 4.52. The van der Waals surface area contributed by atoms with E-state index in [-0.39, 0.29) is 4.90 Å². The van der Waals surface area contributed by atoms with E-state index in [9.17, 15) is 8.42 Å². The maximum atomic E-state index is 13.0. The van der Waals surface area contributed by atoms with E-state index < -0.39 is 16.1 Å². The van der Waals surface area contributed by atoms with Gasteiger partial charge in [0.25, 0.3) is 0 Å². The molecule has 9 heteroatoms. The molecule has 0 aliphatic carbocycles. The number of nitrogens with one attached hydrogen (secondary N) is 2. The second-order valence-electron chi connectivity index (χ2n) is 6.71. The fraction of sp³-hybridized carbons (Fsp3) is 0.316. The molecule has 2 aromatic heterocycles. The molecule has 2 N–H and O–H groups in total. The van der Waals surface area contributed by atoms with Crippen LogP contribution >= 0.6 is 11.3 Å². The lowest BCUT2D eigenvalue weighted by molar-refractivity contribution is 0.171. The number of sulfonamides is 1. The van der Waals surface area contributed by atoms with Gasteiger partial charge in [0.1, 0.15) is 18.9 Å². The van der Waals surface area contributed by atoms with E-state index in [4.69, 9.17) is 9.47 Å². The highest BCUT2D eigenvalue weighted by Crippen LogP contribution is 2.35. The Morgan fingerprint density at radius 3 is 2.61 bits per heavy atom. The van der Waals surface area contributed by atoms with Gasteiger partial charge in [0.05, 0.1) is 9.77 Å². The fourth-order valence-corrected chi connectivity index (χ4v) is 5.88. The first-order chi connectivity index (χ1) is 13.3. The molecule has 28 heavy (non-hydrogen) atoms. The number of aromatic amines is 1.